The molecule has 1 amide bonds. The van der Waals surface area contributed by atoms with Crippen LogP contribution in [0.3, 0.4) is 0 Å². The third-order valence-corrected chi connectivity index (χ3v) is 3.79. The van der Waals surface area contributed by atoms with Crippen LogP contribution in [-0.2, 0) is 0 Å². The molecule has 0 radical (unpaired) electrons. The lowest BCUT2D eigenvalue weighted by molar-refractivity contribution is 0.0955. The van der Waals surface area contributed by atoms with Crippen LogP contribution in [0.4, 0.5) is 0 Å². The maximum Gasteiger partial charge on any atom is 0.272 e. The minimum absolute atomic E-state index is 0.255. The fourth-order valence-corrected chi connectivity index (χ4v) is 2.66. The maximum absolute atomic E-state index is 11.8. The van der Waals surface area contributed by atoms with Gasteiger partial charge in [0.25, 0.3) is 5.91 Å². The summed E-state index contributed by atoms with van der Waals surface area (Å²) in [5.74, 6) is -0.255. The van der Waals surface area contributed by atoms with Gasteiger partial charge in [0.15, 0.2) is 0 Å². The topological polar surface area (TPSA) is 59.3 Å². The predicted octanol–water partition coefficient (Wildman–Crippen LogP) is 2.76. The van der Waals surface area contributed by atoms with Crippen molar-refractivity contribution in [2.24, 2.45) is 5.10 Å². The third kappa shape index (κ3) is 3.37. The van der Waals surface area contributed by atoms with E-state index in [1.165, 1.54) is 31.9 Å². The molecule has 0 saturated heterocycles. The van der Waals surface area contributed by atoms with E-state index < -0.39 is 0 Å². The monoisotopic (exact) mass is 282 g/mol. The van der Waals surface area contributed by atoms with Crippen molar-refractivity contribution in [3.8, 4) is 0 Å². The van der Waals surface area contributed by atoms with Gasteiger partial charge >= 0.3 is 0 Å². The fraction of sp³-hybridized carbons (Fsp3) is 0.312. The van der Waals surface area contributed by atoms with Gasteiger partial charge in [-0.15, -0.1) is 0 Å². The smallest absolute Gasteiger partial charge is 0.272 e. The summed E-state index contributed by atoms with van der Waals surface area (Å²) < 4.78 is 2.25. The molecule has 0 atom stereocenters. The van der Waals surface area contributed by atoms with Crippen LogP contribution in [0.5, 0.6) is 0 Å². The van der Waals surface area contributed by atoms with E-state index in [1.54, 1.807) is 24.5 Å². The van der Waals surface area contributed by atoms with Crippen LogP contribution >= 0.6 is 0 Å². The van der Waals surface area contributed by atoms with Crippen LogP contribution in [0, 0.1) is 0 Å². The predicted molar refractivity (Wildman–Crippen MR) is 81.2 cm³/mol. The summed E-state index contributed by atoms with van der Waals surface area (Å²) in [6, 6.07) is 6.06. The molecule has 3 rings (SSSR count). The Morgan fingerprint density at radius 2 is 2.24 bits per heavy atom. The van der Waals surface area contributed by atoms with E-state index in [1.807, 2.05) is 6.07 Å². The van der Waals surface area contributed by atoms with Gasteiger partial charge in [-0.2, -0.15) is 5.10 Å². The van der Waals surface area contributed by atoms with Crippen LogP contribution in [0.25, 0.3) is 0 Å². The molecule has 0 bridgehead atoms. The van der Waals surface area contributed by atoms with Crippen molar-refractivity contribution in [2.45, 2.75) is 31.7 Å². The van der Waals surface area contributed by atoms with Crippen molar-refractivity contribution in [2.75, 3.05) is 0 Å². The van der Waals surface area contributed by atoms with Gasteiger partial charge in [-0.25, -0.2) is 5.43 Å². The lowest BCUT2D eigenvalue weighted by atomic mass is 10.2. The number of carbonyl (C=O) groups is 1. The first kappa shape index (κ1) is 13.5. The number of carbonyl (C=O) groups excluding carboxylic acids is 1. The number of aromatic nitrogens is 2. The molecule has 2 heterocycles. The van der Waals surface area contributed by atoms with E-state index in [-0.39, 0.29) is 5.91 Å². The van der Waals surface area contributed by atoms with Crippen LogP contribution in [0.15, 0.2) is 48.1 Å². The molecule has 1 aliphatic carbocycles. The van der Waals surface area contributed by atoms with E-state index in [4.69, 9.17) is 0 Å². The molecule has 0 aliphatic heterocycles. The zero-order valence-corrected chi connectivity index (χ0v) is 11.8. The first-order valence-corrected chi connectivity index (χ1v) is 7.24. The van der Waals surface area contributed by atoms with E-state index in [9.17, 15) is 4.79 Å². The number of amides is 1. The van der Waals surface area contributed by atoms with Crippen molar-refractivity contribution < 1.29 is 4.79 Å². The normalized spacial score (nSPS) is 15.6. The summed E-state index contributed by atoms with van der Waals surface area (Å²) in [7, 11) is 0. The molecule has 0 unspecified atom stereocenters. The zero-order valence-electron chi connectivity index (χ0n) is 11.8. The third-order valence-electron chi connectivity index (χ3n) is 3.79. The van der Waals surface area contributed by atoms with Crippen LogP contribution in [-0.4, -0.2) is 21.7 Å². The average molecular weight is 282 g/mol. The lowest BCUT2D eigenvalue weighted by Gasteiger charge is -2.10. The largest absolute Gasteiger partial charge is 0.351 e. The number of pyridine rings is 1. The summed E-state index contributed by atoms with van der Waals surface area (Å²) in [5, 5.41) is 3.99. The summed E-state index contributed by atoms with van der Waals surface area (Å²) >= 11 is 0. The number of nitrogens with one attached hydrogen (secondary N) is 1. The Morgan fingerprint density at radius 3 is 3.00 bits per heavy atom. The highest BCUT2D eigenvalue weighted by molar-refractivity contribution is 5.94. The molecule has 0 aromatic carbocycles. The molecule has 0 spiro atoms. The summed E-state index contributed by atoms with van der Waals surface area (Å²) in [6.07, 6.45) is 14.1. The average Bonchev–Trinajstić information content (AvgIpc) is 3.19. The molecule has 2 aromatic rings. The second-order valence-corrected chi connectivity index (χ2v) is 5.27. The van der Waals surface area contributed by atoms with Gasteiger partial charge in [0.2, 0.25) is 0 Å². The van der Waals surface area contributed by atoms with E-state index in [2.05, 4.69) is 32.5 Å². The molecule has 1 N–H and O–H groups in total. The minimum Gasteiger partial charge on any atom is -0.351 e. The molecule has 1 saturated carbocycles. The van der Waals surface area contributed by atoms with Crippen LogP contribution in [0.1, 0.15) is 47.6 Å². The van der Waals surface area contributed by atoms with Gasteiger partial charge < -0.3 is 4.57 Å². The zero-order chi connectivity index (χ0) is 14.5. The Labute approximate surface area is 123 Å². The molecule has 1 aliphatic rings. The number of hydrogen-bond donors (Lipinski definition) is 1. The highest BCUT2D eigenvalue weighted by atomic mass is 16.2. The number of hydrogen-bond acceptors (Lipinski definition) is 3. The first-order valence-electron chi connectivity index (χ1n) is 7.24. The molecular formula is C16H18N4O. The van der Waals surface area contributed by atoms with Gasteiger partial charge in [-0.05, 0) is 31.0 Å². The van der Waals surface area contributed by atoms with Crippen molar-refractivity contribution in [3.05, 3.63) is 54.1 Å². The molecule has 2 aromatic heterocycles. The molecular weight excluding hydrogens is 264 g/mol. The Kier molecular flexibility index (Phi) is 4.09. The van der Waals surface area contributed by atoms with Gasteiger partial charge in [-0.1, -0.05) is 12.8 Å². The van der Waals surface area contributed by atoms with Gasteiger partial charge in [0.05, 0.1) is 11.8 Å². The van der Waals surface area contributed by atoms with E-state index in [0.29, 0.717) is 11.6 Å². The van der Waals surface area contributed by atoms with Gasteiger partial charge in [0, 0.05) is 36.4 Å². The van der Waals surface area contributed by atoms with Gasteiger partial charge in [0.1, 0.15) is 0 Å². The van der Waals surface area contributed by atoms with Crippen molar-refractivity contribution >= 4 is 12.1 Å². The van der Waals surface area contributed by atoms with Crippen molar-refractivity contribution in [3.63, 3.8) is 0 Å². The summed E-state index contributed by atoms with van der Waals surface area (Å²) in [5.41, 5.74) is 4.00. The molecule has 5 nitrogen and oxygen atoms in total. The highest BCUT2D eigenvalue weighted by Gasteiger charge is 2.15. The Bertz CT molecular complexity index is 627. The standard InChI is InChI=1S/C16H18N4O/c21-16(14-4-3-8-17-11-14)19-18-10-13-7-9-20(12-13)15-5-1-2-6-15/h3-4,7-12,15H,1-2,5-6H2,(H,19,21)/b18-10-. The highest BCUT2D eigenvalue weighted by Crippen LogP contribution is 2.29. The van der Waals surface area contributed by atoms with Crippen molar-refractivity contribution in [1.82, 2.24) is 15.0 Å². The number of nitrogens with zero attached hydrogens (tertiary/aromatic N) is 3. The lowest BCUT2D eigenvalue weighted by Crippen LogP contribution is -2.17. The number of hydrazone groups is 1. The second-order valence-electron chi connectivity index (χ2n) is 5.27. The second kappa shape index (κ2) is 6.35. The Morgan fingerprint density at radius 1 is 1.38 bits per heavy atom. The van der Waals surface area contributed by atoms with Crippen molar-refractivity contribution in [1.29, 1.82) is 0 Å². The van der Waals surface area contributed by atoms with Crippen LogP contribution < -0.4 is 5.43 Å². The Balaban J connectivity index is 1.58. The van der Waals surface area contributed by atoms with E-state index >= 15 is 0 Å². The maximum atomic E-state index is 11.8. The molecule has 1 fully saturated rings. The van der Waals surface area contributed by atoms with Crippen LogP contribution in [0.2, 0.25) is 0 Å². The minimum atomic E-state index is -0.255. The summed E-state index contributed by atoms with van der Waals surface area (Å²) in [6.45, 7) is 0. The number of rotatable bonds is 4. The molecule has 5 heteroatoms. The SMILES string of the molecule is O=C(N/N=C\c1ccn(C2CCCC2)c1)c1cccnc1. The molecule has 21 heavy (non-hydrogen) atoms. The van der Waals surface area contributed by atoms with Gasteiger partial charge in [-0.3, -0.25) is 9.78 Å². The fourth-order valence-electron chi connectivity index (χ4n) is 2.66. The Hall–Kier alpha value is -2.43. The summed E-state index contributed by atoms with van der Waals surface area (Å²) in [4.78, 5) is 15.7. The quantitative estimate of drug-likeness (QED) is 0.692. The molecule has 108 valence electrons. The van der Waals surface area contributed by atoms with E-state index in [0.717, 1.165) is 5.56 Å². The first-order chi connectivity index (χ1) is 10.3.